The number of nitrogen functional groups attached to an aromatic ring is 1. The van der Waals surface area contributed by atoms with E-state index in [9.17, 15) is 22.8 Å². The molecule has 1 atom stereocenters. The second kappa shape index (κ2) is 8.06. The Labute approximate surface area is 173 Å². The van der Waals surface area contributed by atoms with E-state index in [1.54, 1.807) is 24.4 Å². The zero-order chi connectivity index (χ0) is 22.9. The van der Waals surface area contributed by atoms with Crippen LogP contribution in [0.4, 0.5) is 23.4 Å². The minimum Gasteiger partial charge on any atom is -0.475 e. The number of fused-ring (bicyclic) bond motifs is 3. The van der Waals surface area contributed by atoms with E-state index in [2.05, 4.69) is 21.3 Å². The zero-order valence-electron chi connectivity index (χ0n) is 16.0. The van der Waals surface area contributed by atoms with Gasteiger partial charge in [-0.25, -0.2) is 14.2 Å². The number of nitrogens with two attached hydrogens (primary N) is 1. The van der Waals surface area contributed by atoms with Gasteiger partial charge in [-0.05, 0) is 24.0 Å². The lowest BCUT2D eigenvalue weighted by Crippen LogP contribution is -2.21. The van der Waals surface area contributed by atoms with Crippen LogP contribution in [0.25, 0.3) is 22.4 Å². The molecule has 1 aliphatic rings. The Balaban J connectivity index is 0.000000339. The number of carbonyl (C=O) groups is 1. The van der Waals surface area contributed by atoms with Crippen molar-refractivity contribution in [2.24, 2.45) is 0 Å². The molecule has 0 saturated heterocycles. The van der Waals surface area contributed by atoms with Crippen LogP contribution >= 0.6 is 0 Å². The monoisotopic (exact) mass is 433 g/mol. The second-order valence-corrected chi connectivity index (χ2v) is 6.77. The normalized spacial score (nSPS) is 14.5. The molecule has 1 unspecified atom stereocenters. The molecule has 0 radical (unpaired) electrons. The molecular weight excluding hydrogens is 418 g/mol. The van der Waals surface area contributed by atoms with Crippen LogP contribution in [0.1, 0.15) is 29.7 Å². The van der Waals surface area contributed by atoms with Gasteiger partial charge in [0.2, 0.25) is 0 Å². The highest BCUT2D eigenvalue weighted by Crippen LogP contribution is 2.45. The first-order valence-electron chi connectivity index (χ1n) is 8.87. The van der Waals surface area contributed by atoms with Gasteiger partial charge in [-0.1, -0.05) is 25.1 Å². The number of H-pyrrole nitrogens is 1. The van der Waals surface area contributed by atoms with Crippen LogP contribution in [0, 0.1) is 17.1 Å². The van der Waals surface area contributed by atoms with Crippen molar-refractivity contribution in [3.05, 3.63) is 53.1 Å². The van der Waals surface area contributed by atoms with Gasteiger partial charge in [-0.15, -0.1) is 0 Å². The highest BCUT2D eigenvalue weighted by atomic mass is 19.4. The van der Waals surface area contributed by atoms with E-state index in [0.29, 0.717) is 16.8 Å². The number of aromatic nitrogens is 3. The number of aliphatic carboxylic acids is 1. The van der Waals surface area contributed by atoms with Crippen LogP contribution in [0.2, 0.25) is 0 Å². The number of nitrogens with one attached hydrogen (secondary N) is 1. The highest BCUT2D eigenvalue weighted by Gasteiger charge is 2.38. The Morgan fingerprint density at radius 3 is 2.55 bits per heavy atom. The van der Waals surface area contributed by atoms with Crippen molar-refractivity contribution < 1.29 is 27.5 Å². The summed E-state index contributed by atoms with van der Waals surface area (Å²) < 4.78 is 46.2. The summed E-state index contributed by atoms with van der Waals surface area (Å²) in [6.07, 6.45) is -2.66. The molecule has 31 heavy (non-hydrogen) atoms. The van der Waals surface area contributed by atoms with Gasteiger partial charge in [0.05, 0.1) is 11.9 Å². The third-order valence-corrected chi connectivity index (χ3v) is 4.74. The molecule has 0 bridgehead atoms. The molecule has 0 saturated carbocycles. The Hall–Kier alpha value is -3.94. The molecule has 2 aromatic heterocycles. The van der Waals surface area contributed by atoms with Gasteiger partial charge in [-0.3, -0.25) is 5.10 Å². The smallest absolute Gasteiger partial charge is 0.475 e. The van der Waals surface area contributed by atoms with Gasteiger partial charge in [0.15, 0.2) is 0 Å². The highest BCUT2D eigenvalue weighted by molar-refractivity contribution is 5.86. The molecule has 2 heterocycles. The van der Waals surface area contributed by atoms with E-state index in [-0.39, 0.29) is 23.1 Å². The summed E-state index contributed by atoms with van der Waals surface area (Å²) in [6, 6.07) is 8.53. The number of aromatic amines is 1. The van der Waals surface area contributed by atoms with Crippen molar-refractivity contribution in [1.29, 1.82) is 5.26 Å². The average Bonchev–Trinajstić information content (AvgIpc) is 3.16. The zero-order valence-corrected chi connectivity index (χ0v) is 16.0. The number of nitriles is 1. The number of hydrogen-bond acceptors (Lipinski definition) is 5. The fourth-order valence-corrected chi connectivity index (χ4v) is 3.44. The molecule has 0 aliphatic heterocycles. The summed E-state index contributed by atoms with van der Waals surface area (Å²) in [5.74, 6) is -2.97. The van der Waals surface area contributed by atoms with Crippen molar-refractivity contribution in [1.82, 2.24) is 15.2 Å². The van der Waals surface area contributed by atoms with Crippen LogP contribution in [0.5, 0.6) is 0 Å². The molecule has 4 rings (SSSR count). The van der Waals surface area contributed by atoms with Crippen LogP contribution in [0.15, 0.2) is 30.5 Å². The largest absolute Gasteiger partial charge is 0.490 e. The molecule has 1 aliphatic carbocycles. The van der Waals surface area contributed by atoms with E-state index in [1.807, 2.05) is 6.92 Å². The van der Waals surface area contributed by atoms with Crippen molar-refractivity contribution in [3.8, 4) is 28.5 Å². The molecule has 7 nitrogen and oxygen atoms in total. The van der Waals surface area contributed by atoms with Crippen molar-refractivity contribution >= 4 is 11.8 Å². The van der Waals surface area contributed by atoms with E-state index in [1.165, 1.54) is 6.07 Å². The van der Waals surface area contributed by atoms with Crippen LogP contribution < -0.4 is 5.73 Å². The molecule has 3 aromatic rings. The lowest BCUT2D eigenvalue weighted by atomic mass is 9.80. The fraction of sp³-hybridized carbons (Fsp3) is 0.200. The fourth-order valence-electron chi connectivity index (χ4n) is 3.44. The minimum absolute atomic E-state index is 0.0581. The standard InChI is InChI=1S/C18H14FN5.C2HF3O2/c1-9-6-14-12(8-22-24-14)17-15(9)16(11(7-20)18(21)23-17)10-4-2-3-5-13(10)19;3-2(4,5)1(6)7/h2-5,8-9H,6H2,1H3,(H2,21,23)(H,22,24);(H,6,7). The van der Waals surface area contributed by atoms with Gasteiger partial charge >= 0.3 is 12.1 Å². The lowest BCUT2D eigenvalue weighted by molar-refractivity contribution is -0.192. The van der Waals surface area contributed by atoms with Gasteiger partial charge < -0.3 is 10.8 Å². The third kappa shape index (κ3) is 4.05. The summed E-state index contributed by atoms with van der Waals surface area (Å²) in [4.78, 5) is 13.3. The van der Waals surface area contributed by atoms with Gasteiger partial charge in [-0.2, -0.15) is 23.5 Å². The van der Waals surface area contributed by atoms with Crippen LogP contribution in [-0.4, -0.2) is 32.4 Å². The molecule has 0 amide bonds. The molecule has 1 aromatic carbocycles. The molecule has 11 heteroatoms. The van der Waals surface area contributed by atoms with E-state index in [0.717, 1.165) is 23.2 Å². The molecule has 160 valence electrons. The summed E-state index contributed by atoms with van der Waals surface area (Å²) in [5, 5.41) is 23.8. The topological polar surface area (TPSA) is 129 Å². The third-order valence-electron chi connectivity index (χ3n) is 4.74. The number of pyridine rings is 1. The lowest BCUT2D eigenvalue weighted by Gasteiger charge is -2.26. The maximum absolute atomic E-state index is 14.5. The number of hydrogen-bond donors (Lipinski definition) is 3. The van der Waals surface area contributed by atoms with Gasteiger partial charge in [0.25, 0.3) is 0 Å². The number of carboxylic acid groups (broad SMARTS) is 1. The minimum atomic E-state index is -5.08. The first-order valence-corrected chi connectivity index (χ1v) is 8.87. The molecular formula is C20H15F4N5O2. The number of carboxylic acids is 1. The Kier molecular flexibility index (Phi) is 5.66. The summed E-state index contributed by atoms with van der Waals surface area (Å²) in [6.45, 7) is 2.03. The first-order chi connectivity index (χ1) is 14.6. The summed E-state index contributed by atoms with van der Waals surface area (Å²) in [7, 11) is 0. The number of halogens is 4. The van der Waals surface area contributed by atoms with E-state index in [4.69, 9.17) is 15.6 Å². The molecule has 0 fully saturated rings. The second-order valence-electron chi connectivity index (χ2n) is 6.77. The van der Waals surface area contributed by atoms with Crippen molar-refractivity contribution in [3.63, 3.8) is 0 Å². The predicted octanol–water partition coefficient (Wildman–Crippen LogP) is 4.02. The van der Waals surface area contributed by atoms with Crippen LogP contribution in [-0.2, 0) is 11.2 Å². The SMILES string of the molecule is CC1Cc2[nH]ncc2-c2nc(N)c(C#N)c(-c3ccccc3F)c21.O=C(O)C(F)(F)F. The van der Waals surface area contributed by atoms with Gasteiger partial charge in [0, 0.05) is 22.4 Å². The number of rotatable bonds is 1. The number of alkyl halides is 3. The van der Waals surface area contributed by atoms with E-state index < -0.39 is 12.1 Å². The Morgan fingerprint density at radius 2 is 1.97 bits per heavy atom. The number of anilines is 1. The van der Waals surface area contributed by atoms with E-state index >= 15 is 0 Å². The number of benzene rings is 1. The summed E-state index contributed by atoms with van der Waals surface area (Å²) in [5.41, 5.74) is 10.5. The Morgan fingerprint density at radius 1 is 1.32 bits per heavy atom. The average molecular weight is 433 g/mol. The first kappa shape index (κ1) is 21.8. The maximum atomic E-state index is 14.5. The Bertz CT molecular complexity index is 1200. The van der Waals surface area contributed by atoms with Gasteiger partial charge in [0.1, 0.15) is 23.3 Å². The molecule has 4 N–H and O–H groups in total. The van der Waals surface area contributed by atoms with Crippen molar-refractivity contribution in [2.45, 2.75) is 25.4 Å². The summed E-state index contributed by atoms with van der Waals surface area (Å²) >= 11 is 0. The van der Waals surface area contributed by atoms with Crippen molar-refractivity contribution in [2.75, 3.05) is 5.73 Å². The quantitative estimate of drug-likeness (QED) is 0.497. The predicted molar refractivity (Wildman–Crippen MR) is 102 cm³/mol. The van der Waals surface area contributed by atoms with Crippen LogP contribution in [0.3, 0.4) is 0 Å². The molecule has 0 spiro atoms. The number of nitrogens with zero attached hydrogens (tertiary/aromatic N) is 3. The maximum Gasteiger partial charge on any atom is 0.490 e.